The van der Waals surface area contributed by atoms with E-state index in [0.717, 1.165) is 38.3 Å². The fourth-order valence-corrected chi connectivity index (χ4v) is 4.52. The molecule has 4 rings (SSSR count). The van der Waals surface area contributed by atoms with Gasteiger partial charge in [0.05, 0.1) is 23.4 Å². The number of thiazole rings is 1. The molecule has 0 aliphatic heterocycles. The summed E-state index contributed by atoms with van der Waals surface area (Å²) in [5.41, 5.74) is 3.49. The highest BCUT2D eigenvalue weighted by Crippen LogP contribution is 2.35. The first-order valence-electron chi connectivity index (χ1n) is 9.56. The molecule has 8 heteroatoms. The third kappa shape index (κ3) is 5.28. The van der Waals surface area contributed by atoms with E-state index in [1.165, 1.54) is 11.8 Å². The molecule has 2 aromatic heterocycles. The Morgan fingerprint density at radius 2 is 1.81 bits per heavy atom. The number of hydrogen-bond donors (Lipinski definition) is 1. The molecule has 1 amide bonds. The zero-order valence-electron chi connectivity index (χ0n) is 17.0. The summed E-state index contributed by atoms with van der Waals surface area (Å²) in [4.78, 5) is 17.8. The molecule has 6 nitrogen and oxygen atoms in total. The third-order valence-electron chi connectivity index (χ3n) is 4.41. The Kier molecular flexibility index (Phi) is 6.59. The molecule has 31 heavy (non-hydrogen) atoms. The first kappa shape index (κ1) is 21.0. The molecule has 0 radical (unpaired) electrons. The molecule has 0 saturated carbocycles. The van der Waals surface area contributed by atoms with Gasteiger partial charge in [-0.15, -0.1) is 21.5 Å². The van der Waals surface area contributed by atoms with Crippen LogP contribution in [-0.2, 0) is 4.79 Å². The maximum absolute atomic E-state index is 12.1. The average Bonchev–Trinajstić information content (AvgIpc) is 3.20. The van der Waals surface area contributed by atoms with Crippen LogP contribution in [-0.4, -0.2) is 34.0 Å². The van der Waals surface area contributed by atoms with E-state index >= 15 is 0 Å². The zero-order valence-corrected chi connectivity index (χ0v) is 18.7. The quantitative estimate of drug-likeness (QED) is 0.386. The van der Waals surface area contributed by atoms with Gasteiger partial charge in [-0.1, -0.05) is 30.0 Å². The maximum atomic E-state index is 12.1. The summed E-state index contributed by atoms with van der Waals surface area (Å²) in [6.45, 7) is 1.97. The highest BCUT2D eigenvalue weighted by Gasteiger charge is 2.13. The molecule has 2 heterocycles. The minimum absolute atomic E-state index is 0.0792. The number of amides is 1. The number of thioether (sulfide) groups is 1. The standard InChI is InChI=1S/C23H20N4O2S2/c1-15-22(31-23(24-15)16-8-10-18(29-2)11-9-16)19-12-13-21(27-26-19)30-14-20(28)25-17-6-4-3-5-7-17/h3-13H,14H2,1-2H3,(H,25,28). The summed E-state index contributed by atoms with van der Waals surface area (Å²) in [6, 6.07) is 21.0. The van der Waals surface area contributed by atoms with E-state index in [-0.39, 0.29) is 11.7 Å². The van der Waals surface area contributed by atoms with Crippen LogP contribution in [0.25, 0.3) is 21.1 Å². The van der Waals surface area contributed by atoms with E-state index in [1.54, 1.807) is 18.4 Å². The van der Waals surface area contributed by atoms with Crippen LogP contribution in [0.15, 0.2) is 71.8 Å². The molecule has 0 bridgehead atoms. The van der Waals surface area contributed by atoms with E-state index in [0.29, 0.717) is 5.03 Å². The van der Waals surface area contributed by atoms with Crippen LogP contribution in [0.2, 0.25) is 0 Å². The summed E-state index contributed by atoms with van der Waals surface area (Å²) in [7, 11) is 1.65. The number of rotatable bonds is 7. The lowest BCUT2D eigenvalue weighted by atomic mass is 10.2. The van der Waals surface area contributed by atoms with Crippen molar-refractivity contribution < 1.29 is 9.53 Å². The molecule has 1 N–H and O–H groups in total. The Morgan fingerprint density at radius 1 is 1.03 bits per heavy atom. The Bertz CT molecular complexity index is 1160. The van der Waals surface area contributed by atoms with Gasteiger partial charge in [-0.05, 0) is 55.5 Å². The smallest absolute Gasteiger partial charge is 0.234 e. The Morgan fingerprint density at radius 3 is 2.48 bits per heavy atom. The van der Waals surface area contributed by atoms with Crippen LogP contribution < -0.4 is 10.1 Å². The van der Waals surface area contributed by atoms with Crippen molar-refractivity contribution in [2.24, 2.45) is 0 Å². The lowest BCUT2D eigenvalue weighted by molar-refractivity contribution is -0.113. The molecular formula is C23H20N4O2S2. The van der Waals surface area contributed by atoms with Crippen molar-refractivity contribution >= 4 is 34.7 Å². The predicted molar refractivity (Wildman–Crippen MR) is 126 cm³/mol. The van der Waals surface area contributed by atoms with E-state index in [1.807, 2.05) is 73.7 Å². The molecule has 0 aliphatic rings. The zero-order chi connectivity index (χ0) is 21.6. The number of ether oxygens (including phenoxy) is 1. The second kappa shape index (κ2) is 9.72. The Labute approximate surface area is 188 Å². The number of para-hydroxylation sites is 1. The van der Waals surface area contributed by atoms with Gasteiger partial charge in [-0.3, -0.25) is 4.79 Å². The molecule has 0 spiro atoms. The normalized spacial score (nSPS) is 10.6. The molecule has 156 valence electrons. The fourth-order valence-electron chi connectivity index (χ4n) is 2.87. The fraction of sp³-hybridized carbons (Fsp3) is 0.130. The number of benzene rings is 2. The third-order valence-corrected chi connectivity index (χ3v) is 6.56. The van der Waals surface area contributed by atoms with Crippen molar-refractivity contribution in [1.29, 1.82) is 0 Å². The topological polar surface area (TPSA) is 77.0 Å². The Hall–Kier alpha value is -3.23. The first-order valence-corrected chi connectivity index (χ1v) is 11.4. The largest absolute Gasteiger partial charge is 0.497 e. The highest BCUT2D eigenvalue weighted by molar-refractivity contribution is 7.99. The minimum Gasteiger partial charge on any atom is -0.497 e. The second-order valence-corrected chi connectivity index (χ2v) is 8.62. The number of aromatic nitrogens is 3. The number of anilines is 1. The molecule has 4 aromatic rings. The first-order chi connectivity index (χ1) is 15.1. The number of hydrogen-bond acceptors (Lipinski definition) is 7. The van der Waals surface area contributed by atoms with Crippen molar-refractivity contribution in [2.75, 3.05) is 18.2 Å². The van der Waals surface area contributed by atoms with Crippen LogP contribution in [0.4, 0.5) is 5.69 Å². The molecule has 0 aliphatic carbocycles. The van der Waals surface area contributed by atoms with Crippen LogP contribution in [0, 0.1) is 6.92 Å². The summed E-state index contributed by atoms with van der Waals surface area (Å²) in [5, 5.41) is 13.1. The van der Waals surface area contributed by atoms with Gasteiger partial charge in [0.15, 0.2) is 0 Å². The van der Waals surface area contributed by atoms with Crippen molar-refractivity contribution in [3.05, 3.63) is 72.4 Å². The van der Waals surface area contributed by atoms with Crippen molar-refractivity contribution in [3.63, 3.8) is 0 Å². The number of carbonyl (C=O) groups is 1. The lowest BCUT2D eigenvalue weighted by Gasteiger charge is -2.04. The predicted octanol–water partition coefficient (Wildman–Crippen LogP) is 5.31. The van der Waals surface area contributed by atoms with Gasteiger partial charge in [0, 0.05) is 11.3 Å². The van der Waals surface area contributed by atoms with Crippen LogP contribution in [0.1, 0.15) is 5.69 Å². The lowest BCUT2D eigenvalue weighted by Crippen LogP contribution is -2.13. The molecule has 0 fully saturated rings. The van der Waals surface area contributed by atoms with Gasteiger partial charge in [0.1, 0.15) is 21.5 Å². The van der Waals surface area contributed by atoms with Gasteiger partial charge < -0.3 is 10.1 Å². The van der Waals surface area contributed by atoms with Gasteiger partial charge >= 0.3 is 0 Å². The van der Waals surface area contributed by atoms with Gasteiger partial charge in [-0.25, -0.2) is 4.98 Å². The van der Waals surface area contributed by atoms with Crippen LogP contribution in [0.5, 0.6) is 5.75 Å². The minimum atomic E-state index is -0.0792. The van der Waals surface area contributed by atoms with E-state index < -0.39 is 0 Å². The van der Waals surface area contributed by atoms with E-state index in [9.17, 15) is 4.79 Å². The molecule has 2 aromatic carbocycles. The number of nitrogens with one attached hydrogen (secondary N) is 1. The summed E-state index contributed by atoms with van der Waals surface area (Å²) in [5.74, 6) is 1.00. The molecular weight excluding hydrogens is 428 g/mol. The second-order valence-electron chi connectivity index (χ2n) is 6.62. The number of carbonyl (C=O) groups excluding carboxylic acids is 1. The molecule has 0 atom stereocenters. The highest BCUT2D eigenvalue weighted by atomic mass is 32.2. The van der Waals surface area contributed by atoms with E-state index in [4.69, 9.17) is 4.74 Å². The Balaban J connectivity index is 1.41. The SMILES string of the molecule is COc1ccc(-c2nc(C)c(-c3ccc(SCC(=O)Nc4ccccc4)nn3)s2)cc1. The van der Waals surface area contributed by atoms with Gasteiger partial charge in [0.25, 0.3) is 0 Å². The average molecular weight is 449 g/mol. The maximum Gasteiger partial charge on any atom is 0.234 e. The van der Waals surface area contributed by atoms with Crippen molar-refractivity contribution in [2.45, 2.75) is 11.9 Å². The number of aryl methyl sites for hydroxylation is 1. The van der Waals surface area contributed by atoms with Gasteiger partial charge in [-0.2, -0.15) is 0 Å². The summed E-state index contributed by atoms with van der Waals surface area (Å²) in [6.07, 6.45) is 0. The van der Waals surface area contributed by atoms with E-state index in [2.05, 4.69) is 20.5 Å². The monoisotopic (exact) mass is 448 g/mol. The molecule has 0 unspecified atom stereocenters. The van der Waals surface area contributed by atoms with Crippen LogP contribution >= 0.6 is 23.1 Å². The number of methoxy groups -OCH3 is 1. The van der Waals surface area contributed by atoms with Crippen molar-refractivity contribution in [3.8, 4) is 26.9 Å². The summed E-state index contributed by atoms with van der Waals surface area (Å²) >= 11 is 2.93. The number of nitrogens with zero attached hydrogens (tertiary/aromatic N) is 3. The summed E-state index contributed by atoms with van der Waals surface area (Å²) < 4.78 is 5.22. The van der Waals surface area contributed by atoms with Crippen molar-refractivity contribution in [1.82, 2.24) is 15.2 Å². The van der Waals surface area contributed by atoms with Crippen LogP contribution in [0.3, 0.4) is 0 Å². The molecule has 0 saturated heterocycles. The van der Waals surface area contributed by atoms with Gasteiger partial charge in [0.2, 0.25) is 5.91 Å².